The molecule has 9 nitrogen and oxygen atoms in total. The first kappa shape index (κ1) is 19.9. The third-order valence-electron chi connectivity index (χ3n) is 5.89. The number of aromatic nitrogens is 4. The van der Waals surface area contributed by atoms with Crippen molar-refractivity contribution >= 4 is 11.9 Å². The molecule has 9 heteroatoms. The van der Waals surface area contributed by atoms with Crippen molar-refractivity contribution in [3.05, 3.63) is 36.5 Å². The Morgan fingerprint density at radius 3 is 2.32 bits per heavy atom. The first-order valence-corrected chi connectivity index (χ1v) is 10.7. The van der Waals surface area contributed by atoms with Gasteiger partial charge in [0, 0.05) is 62.8 Å². The molecule has 2 fully saturated rings. The van der Waals surface area contributed by atoms with Crippen LogP contribution in [0.5, 0.6) is 0 Å². The molecule has 0 radical (unpaired) electrons. The van der Waals surface area contributed by atoms with Crippen molar-refractivity contribution in [2.75, 3.05) is 69.3 Å². The summed E-state index contributed by atoms with van der Waals surface area (Å²) in [5, 5.41) is 0. The van der Waals surface area contributed by atoms with Gasteiger partial charge in [-0.05, 0) is 26.1 Å². The molecule has 2 aliphatic heterocycles. The number of anilines is 2. The topological polar surface area (TPSA) is 83.7 Å². The van der Waals surface area contributed by atoms with Gasteiger partial charge in [0.1, 0.15) is 5.76 Å². The Morgan fingerprint density at radius 2 is 1.58 bits per heavy atom. The maximum atomic E-state index is 5.59. The van der Waals surface area contributed by atoms with Gasteiger partial charge in [-0.25, -0.2) is 19.9 Å². The number of hydrogen-bond acceptors (Lipinski definition) is 9. The lowest BCUT2D eigenvalue weighted by Gasteiger charge is -2.32. The minimum atomic E-state index is 0.690. The Morgan fingerprint density at radius 1 is 0.839 bits per heavy atom. The second kappa shape index (κ2) is 8.60. The second-order valence-electron chi connectivity index (χ2n) is 7.95. The Balaban J connectivity index is 1.54. The van der Waals surface area contributed by atoms with E-state index in [4.69, 9.17) is 24.1 Å². The van der Waals surface area contributed by atoms with Crippen LogP contribution < -0.4 is 9.80 Å². The summed E-state index contributed by atoms with van der Waals surface area (Å²) in [5.41, 5.74) is 3.47. The lowest BCUT2D eigenvalue weighted by molar-refractivity contribution is 0.122. The summed E-state index contributed by atoms with van der Waals surface area (Å²) in [6.07, 6.45) is 5.38. The van der Waals surface area contributed by atoms with Gasteiger partial charge >= 0.3 is 0 Å². The van der Waals surface area contributed by atoms with Gasteiger partial charge < -0.3 is 23.9 Å². The summed E-state index contributed by atoms with van der Waals surface area (Å²) in [7, 11) is 2.14. The van der Waals surface area contributed by atoms with Crippen molar-refractivity contribution in [3.8, 4) is 22.5 Å². The number of aryl methyl sites for hydroxylation is 1. The number of rotatable bonds is 4. The molecule has 0 spiro atoms. The number of hydrogen-bond donors (Lipinski definition) is 0. The van der Waals surface area contributed by atoms with Gasteiger partial charge in [0.15, 0.2) is 0 Å². The van der Waals surface area contributed by atoms with Crippen LogP contribution in [0.3, 0.4) is 0 Å². The summed E-state index contributed by atoms with van der Waals surface area (Å²) in [5.74, 6) is 2.28. The molecular weight excluding hydrogens is 394 g/mol. The fraction of sp³-hybridized carbons (Fsp3) is 0.455. The minimum absolute atomic E-state index is 0.690. The van der Waals surface area contributed by atoms with Crippen LogP contribution in [0.2, 0.25) is 0 Å². The van der Waals surface area contributed by atoms with E-state index in [2.05, 4.69) is 26.7 Å². The first-order chi connectivity index (χ1) is 15.2. The zero-order chi connectivity index (χ0) is 21.2. The fourth-order valence-electron chi connectivity index (χ4n) is 3.97. The van der Waals surface area contributed by atoms with Crippen molar-refractivity contribution in [2.45, 2.75) is 6.92 Å². The van der Waals surface area contributed by atoms with Gasteiger partial charge in [-0.3, -0.25) is 0 Å². The van der Waals surface area contributed by atoms with Crippen LogP contribution in [0.1, 0.15) is 5.76 Å². The van der Waals surface area contributed by atoms with Crippen molar-refractivity contribution in [1.29, 1.82) is 0 Å². The average molecular weight is 422 g/mol. The summed E-state index contributed by atoms with van der Waals surface area (Å²) in [6.45, 7) is 8.73. The largest absolute Gasteiger partial charge is 0.469 e. The molecule has 0 amide bonds. The quantitative estimate of drug-likeness (QED) is 0.629. The van der Waals surface area contributed by atoms with Crippen molar-refractivity contribution in [1.82, 2.24) is 24.8 Å². The Bertz CT molecular complexity index is 1040. The standard InChI is InChI=1S/C22H27N7O2/c1-16-17(4-12-31-16)20-18(15-24-22(26-20)28-8-6-27(2)7-9-28)19-3-5-23-21(25-19)29-10-13-30-14-11-29/h3-5,12,15H,6-11,13-14H2,1-2H3. The summed E-state index contributed by atoms with van der Waals surface area (Å²) in [4.78, 5) is 25.7. The van der Waals surface area contributed by atoms with Crippen LogP contribution in [0.25, 0.3) is 22.5 Å². The second-order valence-corrected chi connectivity index (χ2v) is 7.95. The minimum Gasteiger partial charge on any atom is -0.469 e. The number of piperazine rings is 1. The monoisotopic (exact) mass is 421 g/mol. The third-order valence-corrected chi connectivity index (χ3v) is 5.89. The van der Waals surface area contributed by atoms with E-state index in [1.54, 1.807) is 12.5 Å². The van der Waals surface area contributed by atoms with E-state index in [1.807, 2.05) is 25.3 Å². The maximum absolute atomic E-state index is 5.59. The summed E-state index contributed by atoms with van der Waals surface area (Å²) < 4.78 is 11.1. The average Bonchev–Trinajstić information content (AvgIpc) is 3.25. The van der Waals surface area contributed by atoms with Crippen LogP contribution in [0.4, 0.5) is 11.9 Å². The molecule has 0 N–H and O–H groups in total. The predicted molar refractivity (Wildman–Crippen MR) is 118 cm³/mol. The zero-order valence-electron chi connectivity index (χ0n) is 18.0. The number of morpholine rings is 1. The third kappa shape index (κ3) is 4.11. The van der Waals surface area contributed by atoms with Gasteiger partial charge in [-0.15, -0.1) is 0 Å². The van der Waals surface area contributed by atoms with Crippen LogP contribution in [0, 0.1) is 6.92 Å². The first-order valence-electron chi connectivity index (χ1n) is 10.7. The van der Waals surface area contributed by atoms with Crippen molar-refractivity contribution < 1.29 is 9.15 Å². The molecule has 0 aromatic carbocycles. The van der Waals surface area contributed by atoms with E-state index in [-0.39, 0.29) is 0 Å². The molecular formula is C22H27N7O2. The molecule has 0 atom stereocenters. The van der Waals surface area contributed by atoms with Crippen LogP contribution in [-0.2, 0) is 4.74 Å². The summed E-state index contributed by atoms with van der Waals surface area (Å²) in [6, 6.07) is 3.87. The zero-order valence-corrected chi connectivity index (χ0v) is 18.0. The van der Waals surface area contributed by atoms with Crippen LogP contribution in [-0.4, -0.2) is 84.4 Å². The predicted octanol–water partition coefficient (Wildman–Crippen LogP) is 2.09. The highest BCUT2D eigenvalue weighted by Gasteiger charge is 2.22. The Labute approximate surface area is 181 Å². The lowest BCUT2D eigenvalue weighted by Crippen LogP contribution is -2.45. The van der Waals surface area contributed by atoms with E-state index >= 15 is 0 Å². The molecule has 0 saturated carbocycles. The SMILES string of the molecule is Cc1occc1-c1nc(N2CCN(C)CC2)ncc1-c1ccnc(N2CCOCC2)n1. The lowest BCUT2D eigenvalue weighted by atomic mass is 10.1. The molecule has 31 heavy (non-hydrogen) atoms. The number of furan rings is 1. The maximum Gasteiger partial charge on any atom is 0.226 e. The Hall–Kier alpha value is -3.04. The van der Waals surface area contributed by atoms with Gasteiger partial charge in [-0.2, -0.15) is 0 Å². The molecule has 0 aliphatic carbocycles. The van der Waals surface area contributed by atoms with E-state index in [0.29, 0.717) is 19.2 Å². The molecule has 162 valence electrons. The molecule has 0 unspecified atom stereocenters. The summed E-state index contributed by atoms with van der Waals surface area (Å²) >= 11 is 0. The van der Waals surface area contributed by atoms with E-state index < -0.39 is 0 Å². The van der Waals surface area contributed by atoms with E-state index in [9.17, 15) is 0 Å². The number of likely N-dealkylation sites (N-methyl/N-ethyl adjacent to an activating group) is 1. The highest BCUT2D eigenvalue weighted by Crippen LogP contribution is 2.33. The number of nitrogens with zero attached hydrogens (tertiary/aromatic N) is 7. The van der Waals surface area contributed by atoms with Gasteiger partial charge in [0.2, 0.25) is 11.9 Å². The van der Waals surface area contributed by atoms with Crippen molar-refractivity contribution in [2.24, 2.45) is 0 Å². The molecule has 0 bridgehead atoms. The number of ether oxygens (including phenoxy) is 1. The fourth-order valence-corrected chi connectivity index (χ4v) is 3.97. The molecule has 3 aromatic rings. The molecule has 2 saturated heterocycles. The highest BCUT2D eigenvalue weighted by atomic mass is 16.5. The normalized spacial score (nSPS) is 17.9. The van der Waals surface area contributed by atoms with Gasteiger partial charge in [0.25, 0.3) is 0 Å². The van der Waals surface area contributed by atoms with Crippen LogP contribution >= 0.6 is 0 Å². The van der Waals surface area contributed by atoms with Gasteiger partial charge in [0.05, 0.1) is 30.9 Å². The Kier molecular flexibility index (Phi) is 5.52. The molecule has 3 aromatic heterocycles. The van der Waals surface area contributed by atoms with Crippen LogP contribution in [0.15, 0.2) is 35.2 Å². The molecule has 2 aliphatic rings. The molecule has 5 rings (SSSR count). The van der Waals surface area contributed by atoms with Gasteiger partial charge in [-0.1, -0.05) is 0 Å². The van der Waals surface area contributed by atoms with E-state index in [1.165, 1.54) is 0 Å². The highest BCUT2D eigenvalue weighted by molar-refractivity contribution is 5.80. The van der Waals surface area contributed by atoms with Crippen molar-refractivity contribution in [3.63, 3.8) is 0 Å². The molecule has 5 heterocycles. The smallest absolute Gasteiger partial charge is 0.226 e. The van der Waals surface area contributed by atoms with E-state index in [0.717, 1.165) is 73.5 Å².